The van der Waals surface area contributed by atoms with E-state index < -0.39 is 11.9 Å². The lowest BCUT2D eigenvalue weighted by Crippen LogP contribution is -2.13. The Balaban J connectivity index is 2.74. The lowest BCUT2D eigenvalue weighted by Gasteiger charge is -2.15. The van der Waals surface area contributed by atoms with E-state index in [-0.39, 0.29) is 11.4 Å². The molecule has 2 aromatic rings. The number of anilines is 1. The topological polar surface area (TPSA) is 51.8 Å². The van der Waals surface area contributed by atoms with E-state index in [0.717, 1.165) is 11.9 Å². The average Bonchev–Trinajstić information content (AvgIpc) is 2.28. The van der Waals surface area contributed by atoms with Gasteiger partial charge in [-0.1, -0.05) is 23.8 Å². The minimum absolute atomic E-state index is 0.160. The highest BCUT2D eigenvalue weighted by atomic mass is 19.4. The van der Waals surface area contributed by atoms with E-state index in [0.29, 0.717) is 11.1 Å². The zero-order valence-corrected chi connectivity index (χ0v) is 10.4. The summed E-state index contributed by atoms with van der Waals surface area (Å²) in [7, 11) is 0. The van der Waals surface area contributed by atoms with E-state index >= 15 is 0 Å². The molecule has 0 saturated carbocycles. The molecular formula is C13H12F3N3. The predicted octanol–water partition coefficient (Wildman–Crippen LogP) is 3.36. The normalized spacial score (nSPS) is 11.6. The number of nitrogens with zero attached hydrogens (tertiary/aromatic N) is 2. The first-order valence-electron chi connectivity index (χ1n) is 5.56. The van der Waals surface area contributed by atoms with Crippen molar-refractivity contribution in [1.82, 2.24) is 9.97 Å². The largest absolute Gasteiger partial charge is 0.434 e. The molecule has 0 atom stereocenters. The second-order valence-corrected chi connectivity index (χ2v) is 4.30. The summed E-state index contributed by atoms with van der Waals surface area (Å²) in [5.41, 5.74) is 6.50. The Morgan fingerprint density at radius 1 is 1.11 bits per heavy atom. The molecule has 19 heavy (non-hydrogen) atoms. The fourth-order valence-corrected chi connectivity index (χ4v) is 1.97. The maximum Gasteiger partial charge on any atom is 0.434 e. The first-order valence-corrected chi connectivity index (χ1v) is 5.56. The van der Waals surface area contributed by atoms with E-state index in [9.17, 15) is 13.2 Å². The van der Waals surface area contributed by atoms with Gasteiger partial charge in [-0.05, 0) is 25.0 Å². The molecule has 6 heteroatoms. The molecule has 0 radical (unpaired) electrons. The van der Waals surface area contributed by atoms with Crippen LogP contribution in [0.1, 0.15) is 16.8 Å². The number of hydrogen-bond acceptors (Lipinski definition) is 3. The van der Waals surface area contributed by atoms with E-state index in [1.165, 1.54) is 0 Å². The van der Waals surface area contributed by atoms with E-state index in [1.807, 2.05) is 6.92 Å². The van der Waals surface area contributed by atoms with Gasteiger partial charge >= 0.3 is 6.18 Å². The van der Waals surface area contributed by atoms with Gasteiger partial charge < -0.3 is 5.73 Å². The van der Waals surface area contributed by atoms with E-state index in [1.54, 1.807) is 25.1 Å². The summed E-state index contributed by atoms with van der Waals surface area (Å²) in [6.07, 6.45) is -3.74. The van der Waals surface area contributed by atoms with Gasteiger partial charge in [0.05, 0.1) is 5.56 Å². The third-order valence-corrected chi connectivity index (χ3v) is 2.80. The van der Waals surface area contributed by atoms with Gasteiger partial charge in [-0.25, -0.2) is 9.97 Å². The molecular weight excluding hydrogens is 255 g/mol. The van der Waals surface area contributed by atoms with Crippen LogP contribution in [0.2, 0.25) is 0 Å². The van der Waals surface area contributed by atoms with Crippen LogP contribution in [-0.2, 0) is 6.18 Å². The Hall–Kier alpha value is -2.11. The fourth-order valence-electron chi connectivity index (χ4n) is 1.97. The Morgan fingerprint density at radius 2 is 1.79 bits per heavy atom. The van der Waals surface area contributed by atoms with Crippen LogP contribution in [0.5, 0.6) is 0 Å². The van der Waals surface area contributed by atoms with Crippen LogP contribution in [0.3, 0.4) is 0 Å². The molecule has 0 aliphatic heterocycles. The standard InChI is InChI=1S/C13H12F3N3/c1-7-3-4-9(8(2)5-7)10-11(13(14,15)16)18-6-19-12(10)17/h3-6H,1-2H3,(H2,17,18,19). The Morgan fingerprint density at radius 3 is 2.37 bits per heavy atom. The molecule has 1 aromatic heterocycles. The molecule has 2 rings (SSSR count). The molecule has 0 fully saturated rings. The monoisotopic (exact) mass is 267 g/mol. The minimum Gasteiger partial charge on any atom is -0.383 e. The molecule has 0 saturated heterocycles. The van der Waals surface area contributed by atoms with Crippen LogP contribution in [0.25, 0.3) is 11.1 Å². The van der Waals surface area contributed by atoms with Gasteiger partial charge in [0.1, 0.15) is 12.1 Å². The summed E-state index contributed by atoms with van der Waals surface area (Å²) in [5.74, 6) is -0.172. The number of hydrogen-bond donors (Lipinski definition) is 1. The molecule has 3 nitrogen and oxygen atoms in total. The van der Waals surface area contributed by atoms with Crippen LogP contribution in [-0.4, -0.2) is 9.97 Å². The van der Waals surface area contributed by atoms with Crippen molar-refractivity contribution in [3.05, 3.63) is 41.3 Å². The number of halogens is 3. The molecule has 0 bridgehead atoms. The first kappa shape index (κ1) is 13.3. The van der Waals surface area contributed by atoms with Gasteiger partial charge in [-0.3, -0.25) is 0 Å². The van der Waals surface area contributed by atoms with Gasteiger partial charge in [0.25, 0.3) is 0 Å². The fraction of sp³-hybridized carbons (Fsp3) is 0.231. The highest BCUT2D eigenvalue weighted by Gasteiger charge is 2.37. The van der Waals surface area contributed by atoms with Gasteiger partial charge in [-0.2, -0.15) is 13.2 Å². The zero-order valence-electron chi connectivity index (χ0n) is 10.4. The van der Waals surface area contributed by atoms with Crippen molar-refractivity contribution in [1.29, 1.82) is 0 Å². The number of alkyl halides is 3. The van der Waals surface area contributed by atoms with Crippen molar-refractivity contribution >= 4 is 5.82 Å². The second kappa shape index (κ2) is 4.53. The number of rotatable bonds is 1. The average molecular weight is 267 g/mol. The second-order valence-electron chi connectivity index (χ2n) is 4.30. The van der Waals surface area contributed by atoms with Gasteiger partial charge in [0, 0.05) is 0 Å². The molecule has 0 aliphatic carbocycles. The number of nitrogens with two attached hydrogens (primary N) is 1. The van der Waals surface area contributed by atoms with Crippen molar-refractivity contribution in [2.45, 2.75) is 20.0 Å². The SMILES string of the molecule is Cc1ccc(-c2c(N)ncnc2C(F)(F)F)c(C)c1. The van der Waals surface area contributed by atoms with Crippen LogP contribution in [0, 0.1) is 13.8 Å². The van der Waals surface area contributed by atoms with Crippen LogP contribution >= 0.6 is 0 Å². The summed E-state index contributed by atoms with van der Waals surface area (Å²) < 4.78 is 38.9. The molecule has 0 spiro atoms. The van der Waals surface area contributed by atoms with Crippen LogP contribution in [0.4, 0.5) is 19.0 Å². The number of nitrogen functional groups attached to an aromatic ring is 1. The Kier molecular flexibility index (Phi) is 3.18. The van der Waals surface area contributed by atoms with Crippen molar-refractivity contribution in [2.24, 2.45) is 0 Å². The molecule has 2 N–H and O–H groups in total. The van der Waals surface area contributed by atoms with Crippen LogP contribution in [0.15, 0.2) is 24.5 Å². The Bertz CT molecular complexity index is 621. The summed E-state index contributed by atoms with van der Waals surface area (Å²) in [5, 5.41) is 0. The lowest BCUT2D eigenvalue weighted by molar-refractivity contribution is -0.140. The molecule has 1 aromatic carbocycles. The predicted molar refractivity (Wildman–Crippen MR) is 66.4 cm³/mol. The summed E-state index contributed by atoms with van der Waals surface area (Å²) in [4.78, 5) is 6.99. The zero-order chi connectivity index (χ0) is 14.2. The smallest absolute Gasteiger partial charge is 0.383 e. The molecule has 100 valence electrons. The Labute approximate surface area is 108 Å². The maximum atomic E-state index is 13.0. The molecule has 0 unspecified atom stereocenters. The maximum absolute atomic E-state index is 13.0. The summed E-state index contributed by atoms with van der Waals surface area (Å²) in [6.45, 7) is 3.60. The minimum atomic E-state index is -4.57. The third kappa shape index (κ3) is 2.52. The highest BCUT2D eigenvalue weighted by molar-refractivity contribution is 5.78. The van der Waals surface area contributed by atoms with Crippen molar-refractivity contribution in [3.63, 3.8) is 0 Å². The molecule has 0 amide bonds. The van der Waals surface area contributed by atoms with Crippen molar-refractivity contribution < 1.29 is 13.2 Å². The summed E-state index contributed by atoms with van der Waals surface area (Å²) in [6, 6.07) is 5.13. The quantitative estimate of drug-likeness (QED) is 0.861. The van der Waals surface area contributed by atoms with Gasteiger partial charge in [-0.15, -0.1) is 0 Å². The van der Waals surface area contributed by atoms with Crippen molar-refractivity contribution in [2.75, 3.05) is 5.73 Å². The molecule has 0 aliphatic rings. The van der Waals surface area contributed by atoms with E-state index in [4.69, 9.17) is 5.73 Å². The number of aryl methyl sites for hydroxylation is 2. The lowest BCUT2D eigenvalue weighted by atomic mass is 9.97. The van der Waals surface area contributed by atoms with E-state index in [2.05, 4.69) is 9.97 Å². The number of aromatic nitrogens is 2. The van der Waals surface area contributed by atoms with Crippen LogP contribution < -0.4 is 5.73 Å². The number of benzene rings is 1. The highest BCUT2D eigenvalue weighted by Crippen LogP contribution is 2.38. The van der Waals surface area contributed by atoms with Gasteiger partial charge in [0.2, 0.25) is 0 Å². The first-order chi connectivity index (χ1) is 8.80. The van der Waals surface area contributed by atoms with Gasteiger partial charge in [0.15, 0.2) is 5.69 Å². The van der Waals surface area contributed by atoms with Crippen molar-refractivity contribution in [3.8, 4) is 11.1 Å². The third-order valence-electron chi connectivity index (χ3n) is 2.80. The molecule has 1 heterocycles. The summed E-state index contributed by atoms with van der Waals surface area (Å²) >= 11 is 0.